The summed E-state index contributed by atoms with van der Waals surface area (Å²) in [4.78, 5) is 30.7. The number of ether oxygens (including phenoxy) is 1. The second-order valence-electron chi connectivity index (χ2n) is 12.8. The molecule has 232 valence electrons. The van der Waals surface area contributed by atoms with Gasteiger partial charge >= 0.3 is 6.09 Å². The number of thioether (sulfide) groups is 2. The number of hydrogen-bond donors (Lipinski definition) is 2. The van der Waals surface area contributed by atoms with Crippen LogP contribution in [0.4, 0.5) is 4.79 Å². The predicted octanol–water partition coefficient (Wildman–Crippen LogP) is 5.99. The summed E-state index contributed by atoms with van der Waals surface area (Å²) < 4.78 is 5.66. The van der Waals surface area contributed by atoms with Crippen molar-refractivity contribution in [2.24, 2.45) is 5.92 Å². The van der Waals surface area contributed by atoms with Gasteiger partial charge in [-0.05, 0) is 76.9 Å². The molecule has 1 heterocycles. The Labute approximate surface area is 257 Å². The van der Waals surface area contributed by atoms with Gasteiger partial charge in [0.25, 0.3) is 0 Å². The minimum atomic E-state index is -0.546. The molecule has 2 fully saturated rings. The molecule has 0 aromatic heterocycles. The molecule has 2 N–H and O–H groups in total. The zero-order valence-corrected chi connectivity index (χ0v) is 27.7. The van der Waals surface area contributed by atoms with Crippen molar-refractivity contribution in [3.05, 3.63) is 35.9 Å². The lowest BCUT2D eigenvalue weighted by molar-refractivity contribution is -0.123. The van der Waals surface area contributed by atoms with Crippen LogP contribution in [0.25, 0.3) is 0 Å². The van der Waals surface area contributed by atoms with E-state index in [0.717, 1.165) is 49.9 Å². The first-order valence-corrected chi connectivity index (χ1v) is 18.1. The molecule has 1 saturated heterocycles. The van der Waals surface area contributed by atoms with Crippen LogP contribution >= 0.6 is 23.5 Å². The van der Waals surface area contributed by atoms with E-state index in [9.17, 15) is 9.59 Å². The largest absolute Gasteiger partial charge is 0.444 e. The normalized spacial score (nSPS) is 19.0. The Morgan fingerprint density at radius 1 is 1.07 bits per heavy atom. The van der Waals surface area contributed by atoms with Crippen molar-refractivity contribution in [1.29, 1.82) is 0 Å². The van der Waals surface area contributed by atoms with Gasteiger partial charge in [0.15, 0.2) is 0 Å². The van der Waals surface area contributed by atoms with E-state index in [4.69, 9.17) is 4.74 Å². The number of piperidine rings is 1. The van der Waals surface area contributed by atoms with Gasteiger partial charge in [0.05, 0.1) is 11.9 Å². The monoisotopic (exact) mass is 606 g/mol. The molecule has 1 aliphatic carbocycles. The van der Waals surface area contributed by atoms with E-state index in [1.54, 1.807) is 16.7 Å². The van der Waals surface area contributed by atoms with Gasteiger partial charge in [-0.2, -0.15) is 11.8 Å². The molecule has 7 nitrogen and oxygen atoms in total. The van der Waals surface area contributed by atoms with Crippen molar-refractivity contribution in [3.8, 4) is 0 Å². The lowest BCUT2D eigenvalue weighted by atomic mass is 9.91. The van der Waals surface area contributed by atoms with Crippen LogP contribution in [0.3, 0.4) is 0 Å². The highest BCUT2D eigenvalue weighted by molar-refractivity contribution is 7.99. The molecule has 41 heavy (non-hydrogen) atoms. The zero-order chi connectivity index (χ0) is 29.7. The first-order valence-electron chi connectivity index (χ1n) is 15.5. The van der Waals surface area contributed by atoms with Crippen LogP contribution in [-0.2, 0) is 16.1 Å². The molecule has 0 unspecified atom stereocenters. The van der Waals surface area contributed by atoms with Crippen LogP contribution < -0.4 is 10.6 Å². The molecule has 1 aromatic carbocycles. The second kappa shape index (κ2) is 17.6. The number of likely N-dealkylation sites (tertiary alicyclic amines) is 1. The summed E-state index contributed by atoms with van der Waals surface area (Å²) >= 11 is 3.50. The topological polar surface area (TPSA) is 73.9 Å². The first-order chi connectivity index (χ1) is 19.6. The Bertz CT molecular complexity index is 900. The van der Waals surface area contributed by atoms with E-state index < -0.39 is 5.60 Å². The van der Waals surface area contributed by atoms with Gasteiger partial charge in [0.1, 0.15) is 5.60 Å². The van der Waals surface area contributed by atoms with Crippen molar-refractivity contribution in [3.63, 3.8) is 0 Å². The number of nitrogens with one attached hydrogen (secondary N) is 2. The molecule has 2 aliphatic rings. The Balaban J connectivity index is 1.54. The fourth-order valence-electron chi connectivity index (χ4n) is 5.56. The zero-order valence-electron chi connectivity index (χ0n) is 26.0. The Morgan fingerprint density at radius 3 is 2.39 bits per heavy atom. The van der Waals surface area contributed by atoms with Crippen molar-refractivity contribution >= 4 is 35.5 Å². The van der Waals surface area contributed by atoms with Crippen molar-refractivity contribution in [1.82, 2.24) is 20.4 Å². The smallest absolute Gasteiger partial charge is 0.411 e. The molecule has 1 saturated carbocycles. The first kappa shape index (κ1) is 34.1. The summed E-state index contributed by atoms with van der Waals surface area (Å²) in [5, 5.41) is 6.92. The lowest BCUT2D eigenvalue weighted by Crippen LogP contribution is -2.54. The molecule has 2 amide bonds. The van der Waals surface area contributed by atoms with Gasteiger partial charge < -0.3 is 15.4 Å². The van der Waals surface area contributed by atoms with Gasteiger partial charge in [-0.1, -0.05) is 49.6 Å². The predicted molar refractivity (Wildman–Crippen MR) is 174 cm³/mol. The summed E-state index contributed by atoms with van der Waals surface area (Å²) in [6, 6.07) is 10.4. The molecule has 3 rings (SSSR count). The van der Waals surface area contributed by atoms with E-state index in [1.165, 1.54) is 37.7 Å². The molecule has 1 aliphatic heterocycles. The van der Waals surface area contributed by atoms with Crippen LogP contribution in [0, 0.1) is 5.92 Å². The number of benzene rings is 1. The van der Waals surface area contributed by atoms with Crippen molar-refractivity contribution in [2.45, 2.75) is 103 Å². The number of rotatable bonds is 14. The standard InChI is InChI=1S/C32H54N4O3S2/c1-25(36(24-40-5)31(38)39-32(2,3)4)20-33-29(23-41-22-27-14-10-7-11-15-27)30(37)34-28-16-18-35(19-17-28)21-26-12-8-6-9-13-26/h6,8-9,12-13,25,27-29,33H,7,10-11,14-24H2,1-5H3,(H,34,37)/t25-,29-/m0/s1. The summed E-state index contributed by atoms with van der Waals surface area (Å²) in [7, 11) is 0. The summed E-state index contributed by atoms with van der Waals surface area (Å²) in [5.41, 5.74) is 0.792. The molecule has 9 heteroatoms. The van der Waals surface area contributed by atoms with Gasteiger partial charge in [0.2, 0.25) is 5.91 Å². The number of hydrogen-bond acceptors (Lipinski definition) is 7. The van der Waals surface area contributed by atoms with E-state index in [0.29, 0.717) is 12.4 Å². The molecular formula is C32H54N4O3S2. The minimum Gasteiger partial charge on any atom is -0.444 e. The molecule has 2 atom stereocenters. The van der Waals surface area contributed by atoms with Crippen LogP contribution in [-0.4, -0.2) is 88.8 Å². The third kappa shape index (κ3) is 12.8. The maximum atomic E-state index is 13.6. The minimum absolute atomic E-state index is 0.0866. The van der Waals surface area contributed by atoms with Gasteiger partial charge in [0, 0.05) is 44.0 Å². The van der Waals surface area contributed by atoms with Crippen molar-refractivity contribution in [2.75, 3.05) is 43.3 Å². The van der Waals surface area contributed by atoms with Crippen molar-refractivity contribution < 1.29 is 14.3 Å². The van der Waals surface area contributed by atoms with E-state index >= 15 is 0 Å². The highest BCUT2D eigenvalue weighted by Gasteiger charge is 2.29. The third-order valence-electron chi connectivity index (χ3n) is 7.95. The highest BCUT2D eigenvalue weighted by Crippen LogP contribution is 2.27. The molecule has 1 aromatic rings. The number of carbonyl (C=O) groups excluding carboxylic acids is 2. The fourth-order valence-corrected chi connectivity index (χ4v) is 7.50. The van der Waals surface area contributed by atoms with Crippen LogP contribution in [0.2, 0.25) is 0 Å². The Hall–Kier alpha value is -1.42. The quantitative estimate of drug-likeness (QED) is 0.252. The average Bonchev–Trinajstić information content (AvgIpc) is 2.94. The summed E-state index contributed by atoms with van der Waals surface area (Å²) in [5.74, 6) is 3.27. The number of amides is 2. The third-order valence-corrected chi connectivity index (χ3v) is 9.76. The lowest BCUT2D eigenvalue weighted by Gasteiger charge is -2.34. The van der Waals surface area contributed by atoms with Gasteiger partial charge in [-0.15, -0.1) is 11.8 Å². The second-order valence-corrected chi connectivity index (χ2v) is 14.7. The van der Waals surface area contributed by atoms with E-state index in [1.807, 2.05) is 45.7 Å². The summed E-state index contributed by atoms with van der Waals surface area (Å²) in [6.45, 7) is 11.2. The number of nitrogens with zero attached hydrogens (tertiary/aromatic N) is 2. The molecule has 0 radical (unpaired) electrons. The van der Waals surface area contributed by atoms with Crippen LogP contribution in [0.5, 0.6) is 0 Å². The van der Waals surface area contributed by atoms with Crippen LogP contribution in [0.15, 0.2) is 30.3 Å². The van der Waals surface area contributed by atoms with E-state index in [2.05, 4.69) is 45.9 Å². The highest BCUT2D eigenvalue weighted by atomic mass is 32.2. The maximum Gasteiger partial charge on any atom is 0.411 e. The Morgan fingerprint density at radius 2 is 1.76 bits per heavy atom. The molecule has 0 bridgehead atoms. The average molecular weight is 607 g/mol. The molecule has 0 spiro atoms. The van der Waals surface area contributed by atoms with Gasteiger partial charge in [-0.3, -0.25) is 14.6 Å². The SMILES string of the molecule is CSCN(C(=O)OC(C)(C)C)[C@@H](C)CN[C@@H](CSCC1CCCCC1)C(=O)NC1CCN(Cc2ccccc2)CC1. The molecular weight excluding hydrogens is 553 g/mol. The van der Waals surface area contributed by atoms with Gasteiger partial charge in [-0.25, -0.2) is 4.79 Å². The number of carbonyl (C=O) groups is 2. The fraction of sp³-hybridized carbons (Fsp3) is 0.750. The maximum absolute atomic E-state index is 13.6. The van der Waals surface area contributed by atoms with E-state index in [-0.39, 0.29) is 30.1 Å². The Kier molecular flexibility index (Phi) is 14.7. The summed E-state index contributed by atoms with van der Waals surface area (Å²) in [6.07, 6.45) is 10.3. The van der Waals surface area contributed by atoms with Crippen LogP contribution in [0.1, 0.15) is 78.2 Å².